The van der Waals surface area contributed by atoms with E-state index in [2.05, 4.69) is 15.3 Å². The quantitative estimate of drug-likeness (QED) is 0.751. The molecule has 0 fully saturated rings. The third kappa shape index (κ3) is 1.80. The summed E-state index contributed by atoms with van der Waals surface area (Å²) in [6.07, 6.45) is 1.60. The number of pyridine rings is 1. The molecule has 0 saturated heterocycles. The van der Waals surface area contributed by atoms with Crippen molar-refractivity contribution in [2.45, 2.75) is 0 Å². The summed E-state index contributed by atoms with van der Waals surface area (Å²) in [5.74, 6) is -0.267. The first kappa shape index (κ1) is 9.61. The normalized spacial score (nSPS) is 10.2. The smallest absolute Gasteiger partial charge is 0.275 e. The Hall–Kier alpha value is -1.94. The highest BCUT2D eigenvalue weighted by molar-refractivity contribution is 6.05. The molecule has 0 aliphatic rings. The van der Waals surface area contributed by atoms with Crippen LogP contribution in [0.15, 0.2) is 36.5 Å². The first-order chi connectivity index (χ1) is 7.33. The Labute approximate surface area is 86.8 Å². The zero-order chi connectivity index (χ0) is 10.7. The molecule has 1 amide bonds. The summed E-state index contributed by atoms with van der Waals surface area (Å²) < 4.78 is 0. The largest absolute Gasteiger partial charge is 0.277 e. The van der Waals surface area contributed by atoms with Crippen LogP contribution in [0.3, 0.4) is 0 Å². The average molecular weight is 202 g/mol. The Kier molecular flexibility index (Phi) is 2.60. The third-order valence-electron chi connectivity index (χ3n) is 2.09. The van der Waals surface area contributed by atoms with Crippen molar-refractivity contribution < 1.29 is 9.63 Å². The monoisotopic (exact) mass is 202 g/mol. The van der Waals surface area contributed by atoms with Gasteiger partial charge in [0.25, 0.3) is 5.91 Å². The number of benzene rings is 1. The topological polar surface area (TPSA) is 51.2 Å². The number of nitrogens with one attached hydrogen (secondary N) is 1. The fourth-order valence-corrected chi connectivity index (χ4v) is 1.44. The Balaban J connectivity index is 2.56. The number of rotatable bonds is 2. The van der Waals surface area contributed by atoms with E-state index in [4.69, 9.17) is 0 Å². The molecule has 0 unspecified atom stereocenters. The van der Waals surface area contributed by atoms with Crippen LogP contribution in [0, 0.1) is 0 Å². The predicted octanol–water partition coefficient (Wildman–Crippen LogP) is 1.53. The molecule has 4 heteroatoms. The lowest BCUT2D eigenvalue weighted by Crippen LogP contribution is -2.22. The number of hydrogen-bond donors (Lipinski definition) is 1. The molecular weight excluding hydrogens is 192 g/mol. The fourth-order valence-electron chi connectivity index (χ4n) is 1.44. The minimum atomic E-state index is -0.267. The standard InChI is InChI=1S/C11H10N2O2/c1-15-13-11(14)9-6-7-12-10-5-3-2-4-8(9)10/h2-7H,1H3,(H,13,14). The molecule has 2 rings (SSSR count). The molecule has 15 heavy (non-hydrogen) atoms. The molecule has 1 aromatic heterocycles. The summed E-state index contributed by atoms with van der Waals surface area (Å²) in [5.41, 5.74) is 3.64. The van der Waals surface area contributed by atoms with Crippen molar-refractivity contribution in [2.75, 3.05) is 7.11 Å². The van der Waals surface area contributed by atoms with Gasteiger partial charge in [-0.1, -0.05) is 18.2 Å². The second-order valence-corrected chi connectivity index (χ2v) is 3.01. The number of carbonyl (C=O) groups excluding carboxylic acids is 1. The van der Waals surface area contributed by atoms with E-state index in [9.17, 15) is 4.79 Å². The van der Waals surface area contributed by atoms with E-state index in [1.54, 1.807) is 12.3 Å². The van der Waals surface area contributed by atoms with Crippen LogP contribution in [-0.2, 0) is 4.84 Å². The highest BCUT2D eigenvalue weighted by Crippen LogP contribution is 2.15. The van der Waals surface area contributed by atoms with Gasteiger partial charge >= 0.3 is 0 Å². The molecule has 1 heterocycles. The van der Waals surface area contributed by atoms with Crippen molar-refractivity contribution in [3.8, 4) is 0 Å². The van der Waals surface area contributed by atoms with Gasteiger partial charge in [-0.3, -0.25) is 14.6 Å². The molecule has 0 aliphatic carbocycles. The van der Waals surface area contributed by atoms with Crippen molar-refractivity contribution in [3.05, 3.63) is 42.1 Å². The van der Waals surface area contributed by atoms with E-state index in [1.807, 2.05) is 24.3 Å². The minimum absolute atomic E-state index is 0.267. The lowest BCUT2D eigenvalue weighted by atomic mass is 10.1. The summed E-state index contributed by atoms with van der Waals surface area (Å²) >= 11 is 0. The van der Waals surface area contributed by atoms with Crippen molar-refractivity contribution in [3.63, 3.8) is 0 Å². The highest BCUT2D eigenvalue weighted by Gasteiger charge is 2.08. The molecular formula is C11H10N2O2. The number of nitrogens with zero attached hydrogens (tertiary/aromatic N) is 1. The number of hydroxylamine groups is 1. The summed E-state index contributed by atoms with van der Waals surface area (Å²) in [6.45, 7) is 0. The first-order valence-corrected chi connectivity index (χ1v) is 4.50. The van der Waals surface area contributed by atoms with Gasteiger partial charge in [-0.25, -0.2) is 5.48 Å². The maximum Gasteiger partial charge on any atom is 0.275 e. The lowest BCUT2D eigenvalue weighted by molar-refractivity contribution is 0.0539. The van der Waals surface area contributed by atoms with Crippen LogP contribution in [0.1, 0.15) is 10.4 Å². The molecule has 0 radical (unpaired) electrons. The second kappa shape index (κ2) is 4.06. The summed E-state index contributed by atoms with van der Waals surface area (Å²) in [6, 6.07) is 9.13. The van der Waals surface area contributed by atoms with Crippen LogP contribution in [0.2, 0.25) is 0 Å². The van der Waals surface area contributed by atoms with E-state index < -0.39 is 0 Å². The molecule has 1 N–H and O–H groups in total. The molecule has 0 aliphatic heterocycles. The van der Waals surface area contributed by atoms with Gasteiger partial charge in [0.05, 0.1) is 18.2 Å². The first-order valence-electron chi connectivity index (χ1n) is 4.50. The molecule has 76 valence electrons. The second-order valence-electron chi connectivity index (χ2n) is 3.01. The van der Waals surface area contributed by atoms with Gasteiger partial charge in [-0.15, -0.1) is 0 Å². The van der Waals surface area contributed by atoms with Crippen molar-refractivity contribution in [2.24, 2.45) is 0 Å². The predicted molar refractivity (Wildman–Crippen MR) is 56.2 cm³/mol. The zero-order valence-corrected chi connectivity index (χ0v) is 8.23. The van der Waals surface area contributed by atoms with Gasteiger partial charge in [-0.2, -0.15) is 0 Å². The van der Waals surface area contributed by atoms with E-state index >= 15 is 0 Å². The molecule has 0 atom stereocenters. The molecule has 2 aromatic rings. The van der Waals surface area contributed by atoms with Crippen molar-refractivity contribution in [1.82, 2.24) is 10.5 Å². The maximum atomic E-state index is 11.6. The number of carbonyl (C=O) groups is 1. The van der Waals surface area contributed by atoms with Crippen LogP contribution < -0.4 is 5.48 Å². The summed E-state index contributed by atoms with van der Waals surface area (Å²) in [5, 5.41) is 0.814. The van der Waals surface area contributed by atoms with Gasteiger partial charge < -0.3 is 0 Å². The molecule has 0 bridgehead atoms. The number of aromatic nitrogens is 1. The van der Waals surface area contributed by atoms with Gasteiger partial charge in [0.15, 0.2) is 0 Å². The van der Waals surface area contributed by atoms with Crippen LogP contribution in [0.25, 0.3) is 10.9 Å². The van der Waals surface area contributed by atoms with E-state index in [0.717, 1.165) is 10.9 Å². The number of fused-ring (bicyclic) bond motifs is 1. The SMILES string of the molecule is CONC(=O)c1ccnc2ccccc12. The Morgan fingerprint density at radius 3 is 2.93 bits per heavy atom. The molecule has 0 spiro atoms. The van der Waals surface area contributed by atoms with Crippen LogP contribution in [-0.4, -0.2) is 18.0 Å². The molecule has 0 saturated carbocycles. The van der Waals surface area contributed by atoms with Crippen LogP contribution >= 0.6 is 0 Å². The van der Waals surface area contributed by atoms with Gasteiger partial charge in [0, 0.05) is 11.6 Å². The summed E-state index contributed by atoms with van der Waals surface area (Å²) in [4.78, 5) is 20.3. The summed E-state index contributed by atoms with van der Waals surface area (Å²) in [7, 11) is 1.40. The molecule has 4 nitrogen and oxygen atoms in total. The minimum Gasteiger partial charge on any atom is -0.277 e. The van der Waals surface area contributed by atoms with Crippen molar-refractivity contribution >= 4 is 16.8 Å². The van der Waals surface area contributed by atoms with Crippen LogP contribution in [0.4, 0.5) is 0 Å². The van der Waals surface area contributed by atoms with Crippen LogP contribution in [0.5, 0.6) is 0 Å². The number of amides is 1. The highest BCUT2D eigenvalue weighted by atomic mass is 16.6. The maximum absolute atomic E-state index is 11.6. The van der Waals surface area contributed by atoms with Gasteiger partial charge in [-0.05, 0) is 12.1 Å². The van der Waals surface area contributed by atoms with E-state index in [-0.39, 0.29) is 5.91 Å². The van der Waals surface area contributed by atoms with E-state index in [0.29, 0.717) is 5.56 Å². The van der Waals surface area contributed by atoms with Gasteiger partial charge in [0.2, 0.25) is 0 Å². The molecule has 1 aromatic carbocycles. The Morgan fingerprint density at radius 2 is 2.13 bits per heavy atom. The average Bonchev–Trinajstić information content (AvgIpc) is 2.28. The number of hydrogen-bond acceptors (Lipinski definition) is 3. The lowest BCUT2D eigenvalue weighted by Gasteiger charge is -2.04. The Bertz CT molecular complexity index is 491. The Morgan fingerprint density at radius 1 is 1.33 bits per heavy atom. The number of para-hydroxylation sites is 1. The zero-order valence-electron chi connectivity index (χ0n) is 8.23. The van der Waals surface area contributed by atoms with E-state index in [1.165, 1.54) is 7.11 Å². The fraction of sp³-hybridized carbons (Fsp3) is 0.0909. The third-order valence-corrected chi connectivity index (χ3v) is 2.09. The van der Waals surface area contributed by atoms with Crippen molar-refractivity contribution in [1.29, 1.82) is 0 Å². The van der Waals surface area contributed by atoms with Gasteiger partial charge in [0.1, 0.15) is 0 Å².